The van der Waals surface area contributed by atoms with Crippen LogP contribution in [0.15, 0.2) is 29.4 Å². The molecular formula is C15H22N2O3S. The molecule has 2 rings (SSSR count). The highest BCUT2D eigenvalue weighted by Crippen LogP contribution is 2.22. The summed E-state index contributed by atoms with van der Waals surface area (Å²) >= 11 is 0. The molecule has 1 amide bonds. The van der Waals surface area contributed by atoms with Crippen LogP contribution < -0.4 is 0 Å². The third-order valence-corrected chi connectivity index (χ3v) is 5.09. The Morgan fingerprint density at radius 2 is 1.86 bits per heavy atom. The van der Waals surface area contributed by atoms with Crippen LogP contribution >= 0.6 is 0 Å². The lowest BCUT2D eigenvalue weighted by Gasteiger charge is -2.33. The summed E-state index contributed by atoms with van der Waals surface area (Å²) in [6, 6.07) is 3.58. The van der Waals surface area contributed by atoms with Crippen molar-refractivity contribution in [3.8, 4) is 0 Å². The van der Waals surface area contributed by atoms with Gasteiger partial charge in [-0.25, -0.2) is 4.79 Å². The van der Waals surface area contributed by atoms with E-state index in [9.17, 15) is 9.00 Å². The maximum atomic E-state index is 12.5. The van der Waals surface area contributed by atoms with Gasteiger partial charge in [-0.15, -0.1) is 0 Å². The van der Waals surface area contributed by atoms with Crippen molar-refractivity contribution in [3.63, 3.8) is 0 Å². The first-order valence-corrected chi connectivity index (χ1v) is 8.36. The van der Waals surface area contributed by atoms with Crippen LogP contribution in [0.3, 0.4) is 0 Å². The van der Waals surface area contributed by atoms with Crippen LogP contribution in [0.4, 0.5) is 4.79 Å². The van der Waals surface area contributed by atoms with Crippen LogP contribution in [0.2, 0.25) is 0 Å². The van der Waals surface area contributed by atoms with Crippen molar-refractivity contribution in [2.24, 2.45) is 0 Å². The maximum absolute atomic E-state index is 12.5. The van der Waals surface area contributed by atoms with Gasteiger partial charge in [0.05, 0.1) is 10.8 Å². The zero-order chi connectivity index (χ0) is 15.5. The highest BCUT2D eigenvalue weighted by molar-refractivity contribution is 7.85. The number of nitrogens with zero attached hydrogens (tertiary/aromatic N) is 2. The van der Waals surface area contributed by atoms with E-state index in [2.05, 4.69) is 4.98 Å². The van der Waals surface area contributed by atoms with Gasteiger partial charge in [-0.2, -0.15) is 0 Å². The number of rotatable bonds is 2. The zero-order valence-electron chi connectivity index (χ0n) is 12.7. The number of piperidine rings is 1. The van der Waals surface area contributed by atoms with Crippen LogP contribution in [0.1, 0.15) is 33.6 Å². The van der Waals surface area contributed by atoms with Crippen molar-refractivity contribution < 1.29 is 13.7 Å². The normalized spacial score (nSPS) is 18.3. The molecule has 1 saturated heterocycles. The Bertz CT molecular complexity index is 505. The van der Waals surface area contributed by atoms with E-state index in [1.54, 1.807) is 29.4 Å². The Morgan fingerprint density at radius 3 is 2.38 bits per heavy atom. The first kappa shape index (κ1) is 15.9. The van der Waals surface area contributed by atoms with Crippen molar-refractivity contribution in [1.82, 2.24) is 9.88 Å². The Balaban J connectivity index is 1.89. The number of amides is 1. The van der Waals surface area contributed by atoms with E-state index in [0.29, 0.717) is 13.1 Å². The van der Waals surface area contributed by atoms with Gasteiger partial charge >= 0.3 is 6.09 Å². The first-order chi connectivity index (χ1) is 9.87. The summed E-state index contributed by atoms with van der Waals surface area (Å²) < 4.78 is 17.8. The first-order valence-electron chi connectivity index (χ1n) is 7.15. The van der Waals surface area contributed by atoms with Crippen LogP contribution in [0, 0.1) is 0 Å². The lowest BCUT2D eigenvalue weighted by molar-refractivity contribution is 0.0218. The third kappa shape index (κ3) is 4.52. The van der Waals surface area contributed by atoms with Crippen LogP contribution in [-0.4, -0.2) is 44.1 Å². The minimum absolute atomic E-state index is 0.0890. The summed E-state index contributed by atoms with van der Waals surface area (Å²) in [6.07, 6.45) is 4.49. The fourth-order valence-electron chi connectivity index (χ4n) is 2.24. The molecular weight excluding hydrogens is 288 g/mol. The average molecular weight is 310 g/mol. The topological polar surface area (TPSA) is 59.5 Å². The number of pyridine rings is 1. The third-order valence-electron chi connectivity index (χ3n) is 3.28. The van der Waals surface area contributed by atoms with Gasteiger partial charge < -0.3 is 9.64 Å². The Morgan fingerprint density at radius 1 is 1.29 bits per heavy atom. The Hall–Kier alpha value is -1.43. The number of likely N-dealkylation sites (tertiary alicyclic amines) is 1. The molecule has 0 N–H and O–H groups in total. The second-order valence-electron chi connectivity index (χ2n) is 6.15. The van der Waals surface area contributed by atoms with Crippen LogP contribution in [0.25, 0.3) is 0 Å². The highest BCUT2D eigenvalue weighted by Gasteiger charge is 2.29. The second kappa shape index (κ2) is 6.56. The minimum Gasteiger partial charge on any atom is -0.444 e. The summed E-state index contributed by atoms with van der Waals surface area (Å²) in [5, 5.41) is 0.0890. The van der Waals surface area contributed by atoms with E-state index in [1.165, 1.54) is 0 Å². The van der Waals surface area contributed by atoms with E-state index in [4.69, 9.17) is 4.74 Å². The molecule has 1 atom stereocenters. The Labute approximate surface area is 128 Å². The summed E-state index contributed by atoms with van der Waals surface area (Å²) in [7, 11) is -1.04. The van der Waals surface area contributed by atoms with Gasteiger partial charge in [0, 0.05) is 35.6 Å². The largest absolute Gasteiger partial charge is 0.444 e. The molecule has 1 aliphatic heterocycles. The lowest BCUT2D eigenvalue weighted by Crippen LogP contribution is -2.43. The second-order valence-corrected chi connectivity index (χ2v) is 7.88. The molecule has 5 nitrogen and oxygen atoms in total. The van der Waals surface area contributed by atoms with Gasteiger partial charge in [-0.3, -0.25) is 9.19 Å². The van der Waals surface area contributed by atoms with Crippen LogP contribution in [-0.2, 0) is 15.5 Å². The van der Waals surface area contributed by atoms with E-state index in [1.807, 2.05) is 20.8 Å². The molecule has 116 valence electrons. The number of hydrogen-bond acceptors (Lipinski definition) is 4. The summed E-state index contributed by atoms with van der Waals surface area (Å²) in [4.78, 5) is 18.4. The summed E-state index contributed by atoms with van der Waals surface area (Å²) in [5.41, 5.74) is -0.478. The number of aromatic nitrogens is 1. The molecule has 1 aliphatic rings. The summed E-state index contributed by atoms with van der Waals surface area (Å²) in [6.45, 7) is 6.76. The van der Waals surface area contributed by atoms with E-state index in [0.717, 1.165) is 17.7 Å². The van der Waals surface area contributed by atoms with Crippen molar-refractivity contribution in [3.05, 3.63) is 24.5 Å². The quantitative estimate of drug-likeness (QED) is 0.842. The van der Waals surface area contributed by atoms with Gasteiger partial charge in [0.2, 0.25) is 0 Å². The molecule has 0 spiro atoms. The molecule has 0 bridgehead atoms. The number of carbonyl (C=O) groups is 1. The summed E-state index contributed by atoms with van der Waals surface area (Å²) in [5.74, 6) is 0. The molecule has 0 radical (unpaired) electrons. The van der Waals surface area contributed by atoms with Gasteiger partial charge in [-0.05, 0) is 45.7 Å². The standard InChI is InChI=1S/C15H22N2O3S/c1-15(2,3)20-14(18)17-10-6-13(7-11-17)21(19)12-4-8-16-9-5-12/h4-5,8-9,13H,6-7,10-11H2,1-3H3/t21-/m0/s1. The molecule has 1 aromatic rings. The fraction of sp³-hybridized carbons (Fsp3) is 0.600. The van der Waals surface area contributed by atoms with Gasteiger partial charge in [0.1, 0.15) is 5.60 Å². The molecule has 6 heteroatoms. The van der Waals surface area contributed by atoms with Crippen LogP contribution in [0.5, 0.6) is 0 Å². The van der Waals surface area contributed by atoms with Gasteiger partial charge in [0.15, 0.2) is 0 Å². The number of carbonyl (C=O) groups excluding carboxylic acids is 1. The predicted octanol–water partition coefficient (Wildman–Crippen LogP) is 2.59. The number of hydrogen-bond donors (Lipinski definition) is 0. The molecule has 1 aromatic heterocycles. The van der Waals surface area contributed by atoms with E-state index >= 15 is 0 Å². The van der Waals surface area contributed by atoms with Crippen molar-refractivity contribution in [1.29, 1.82) is 0 Å². The maximum Gasteiger partial charge on any atom is 0.410 e. The molecule has 0 aromatic carbocycles. The Kier molecular flexibility index (Phi) is 4.98. The van der Waals surface area contributed by atoms with Crippen molar-refractivity contribution >= 4 is 16.9 Å². The smallest absolute Gasteiger partial charge is 0.410 e. The van der Waals surface area contributed by atoms with Crippen molar-refractivity contribution in [2.75, 3.05) is 13.1 Å². The van der Waals surface area contributed by atoms with E-state index in [-0.39, 0.29) is 11.3 Å². The van der Waals surface area contributed by atoms with Crippen molar-refractivity contribution in [2.45, 2.75) is 49.4 Å². The van der Waals surface area contributed by atoms with E-state index < -0.39 is 16.4 Å². The van der Waals surface area contributed by atoms with Gasteiger partial charge in [-0.1, -0.05) is 0 Å². The molecule has 1 fully saturated rings. The minimum atomic E-state index is -1.04. The predicted molar refractivity (Wildman–Crippen MR) is 81.5 cm³/mol. The molecule has 0 aliphatic carbocycles. The monoisotopic (exact) mass is 310 g/mol. The molecule has 0 saturated carbocycles. The molecule has 2 heterocycles. The lowest BCUT2D eigenvalue weighted by atomic mass is 10.1. The zero-order valence-corrected chi connectivity index (χ0v) is 13.6. The molecule has 21 heavy (non-hydrogen) atoms. The van der Waals surface area contributed by atoms with Gasteiger partial charge in [0.25, 0.3) is 0 Å². The highest BCUT2D eigenvalue weighted by atomic mass is 32.2. The number of ether oxygens (including phenoxy) is 1. The SMILES string of the molecule is CC(C)(C)OC(=O)N1CCC([S@@](=O)c2ccncc2)CC1. The molecule has 0 unspecified atom stereocenters. The fourth-order valence-corrected chi connectivity index (χ4v) is 3.66. The average Bonchev–Trinajstić information content (AvgIpc) is 2.46.